The van der Waals surface area contributed by atoms with Crippen LogP contribution in [0.2, 0.25) is 0 Å². The molecule has 0 spiro atoms. The average molecular weight is 445 g/mol. The normalized spacial score (nSPS) is 13.2. The topological polar surface area (TPSA) is 60.5 Å². The molecule has 6 nitrogen and oxygen atoms in total. The Labute approximate surface area is 191 Å². The third kappa shape index (κ3) is 4.67. The molecule has 7 heteroatoms. The number of halogens is 1. The number of carbonyl (C=O) groups excluding carboxylic acids is 1. The molecule has 0 aliphatic heterocycles. The quantitative estimate of drug-likeness (QED) is 0.357. The van der Waals surface area contributed by atoms with Crippen LogP contribution in [0.3, 0.4) is 0 Å². The standard InChI is InChI=1S/C26H24FN3O3/c1-29-26(33-21-13-11-20(27)12-14-21)23(24(28-29)18-6-3-2-4-7-18)17-30(25(31)19-9-10-19)16-22-8-5-15-32-22/h2-8,11-15,19H,9-10,16-17H2,1H3. The number of carbonyl (C=O) groups is 1. The zero-order chi connectivity index (χ0) is 22.8. The molecular formula is C26H24FN3O3. The number of furan rings is 1. The van der Waals surface area contributed by atoms with E-state index in [4.69, 9.17) is 14.3 Å². The summed E-state index contributed by atoms with van der Waals surface area (Å²) in [5.41, 5.74) is 2.45. The maximum atomic E-state index is 13.4. The lowest BCUT2D eigenvalue weighted by Crippen LogP contribution is -2.31. The molecule has 0 radical (unpaired) electrons. The highest BCUT2D eigenvalue weighted by Gasteiger charge is 2.35. The predicted octanol–water partition coefficient (Wildman–Crippen LogP) is 5.55. The third-order valence-corrected chi connectivity index (χ3v) is 5.68. The van der Waals surface area contributed by atoms with Gasteiger partial charge < -0.3 is 14.1 Å². The van der Waals surface area contributed by atoms with Crippen molar-refractivity contribution < 1.29 is 18.3 Å². The molecule has 0 atom stereocenters. The van der Waals surface area contributed by atoms with Crippen molar-refractivity contribution >= 4 is 5.91 Å². The van der Waals surface area contributed by atoms with Gasteiger partial charge in [-0.05, 0) is 49.2 Å². The summed E-state index contributed by atoms with van der Waals surface area (Å²) in [4.78, 5) is 15.0. The maximum absolute atomic E-state index is 13.4. The van der Waals surface area contributed by atoms with Crippen molar-refractivity contribution in [3.05, 3.63) is 90.1 Å². The fourth-order valence-corrected chi connectivity index (χ4v) is 3.85. The van der Waals surface area contributed by atoms with Crippen LogP contribution in [0.15, 0.2) is 77.4 Å². The SMILES string of the molecule is Cn1nc(-c2ccccc2)c(CN(Cc2ccco2)C(=O)C2CC2)c1Oc1ccc(F)cc1. The maximum Gasteiger partial charge on any atom is 0.226 e. The molecule has 2 aromatic heterocycles. The van der Waals surface area contributed by atoms with Crippen LogP contribution in [0.5, 0.6) is 11.6 Å². The van der Waals surface area contributed by atoms with Gasteiger partial charge in [0.1, 0.15) is 23.0 Å². The lowest BCUT2D eigenvalue weighted by molar-refractivity contribution is -0.134. The van der Waals surface area contributed by atoms with Gasteiger partial charge >= 0.3 is 0 Å². The molecule has 0 N–H and O–H groups in total. The van der Waals surface area contributed by atoms with E-state index in [2.05, 4.69) is 0 Å². The number of aromatic nitrogens is 2. The molecule has 0 bridgehead atoms. The van der Waals surface area contributed by atoms with Gasteiger partial charge in [0.15, 0.2) is 0 Å². The largest absolute Gasteiger partial charge is 0.467 e. The Hall–Kier alpha value is -3.87. The first-order chi connectivity index (χ1) is 16.1. The van der Waals surface area contributed by atoms with E-state index in [-0.39, 0.29) is 17.6 Å². The highest BCUT2D eigenvalue weighted by molar-refractivity contribution is 5.81. The Morgan fingerprint density at radius 3 is 2.52 bits per heavy atom. The molecule has 0 unspecified atom stereocenters. The third-order valence-electron chi connectivity index (χ3n) is 5.68. The molecule has 4 aromatic rings. The summed E-state index contributed by atoms with van der Waals surface area (Å²) < 4.78 is 26.8. The summed E-state index contributed by atoms with van der Waals surface area (Å²) in [5.74, 6) is 1.53. The number of hydrogen-bond donors (Lipinski definition) is 0. The van der Waals surface area contributed by atoms with Crippen molar-refractivity contribution in [1.29, 1.82) is 0 Å². The Morgan fingerprint density at radius 2 is 1.85 bits per heavy atom. The second-order valence-corrected chi connectivity index (χ2v) is 8.23. The van der Waals surface area contributed by atoms with Crippen LogP contribution in [0.25, 0.3) is 11.3 Å². The molecule has 2 heterocycles. The van der Waals surface area contributed by atoms with Crippen LogP contribution in [-0.2, 0) is 24.9 Å². The van der Waals surface area contributed by atoms with Gasteiger partial charge in [0.25, 0.3) is 0 Å². The first-order valence-electron chi connectivity index (χ1n) is 10.9. The molecular weight excluding hydrogens is 421 g/mol. The zero-order valence-corrected chi connectivity index (χ0v) is 18.3. The first kappa shape index (κ1) is 21.0. The van der Waals surface area contributed by atoms with Crippen molar-refractivity contribution in [3.8, 4) is 22.9 Å². The smallest absolute Gasteiger partial charge is 0.226 e. The number of hydrogen-bond acceptors (Lipinski definition) is 4. The van der Waals surface area contributed by atoms with E-state index in [1.807, 2.05) is 42.5 Å². The summed E-state index contributed by atoms with van der Waals surface area (Å²) in [5, 5.41) is 4.72. The van der Waals surface area contributed by atoms with E-state index < -0.39 is 0 Å². The van der Waals surface area contributed by atoms with Gasteiger partial charge in [-0.15, -0.1) is 0 Å². The first-order valence-corrected chi connectivity index (χ1v) is 10.9. The number of ether oxygens (including phenoxy) is 1. The van der Waals surface area contributed by atoms with Crippen molar-refractivity contribution in [1.82, 2.24) is 14.7 Å². The van der Waals surface area contributed by atoms with Gasteiger partial charge in [-0.2, -0.15) is 5.10 Å². The summed E-state index contributed by atoms with van der Waals surface area (Å²) in [6.07, 6.45) is 3.42. The molecule has 1 aliphatic rings. The zero-order valence-electron chi connectivity index (χ0n) is 18.3. The van der Waals surface area contributed by atoms with E-state index in [0.717, 1.165) is 35.4 Å². The molecule has 33 heavy (non-hydrogen) atoms. The van der Waals surface area contributed by atoms with Gasteiger partial charge in [0, 0.05) is 18.5 Å². The molecule has 1 saturated carbocycles. The highest BCUT2D eigenvalue weighted by atomic mass is 19.1. The van der Waals surface area contributed by atoms with Gasteiger partial charge in [0.2, 0.25) is 11.8 Å². The van der Waals surface area contributed by atoms with Crippen molar-refractivity contribution in [2.75, 3.05) is 0 Å². The Morgan fingerprint density at radius 1 is 1.09 bits per heavy atom. The van der Waals surface area contributed by atoms with Crippen LogP contribution >= 0.6 is 0 Å². The fourth-order valence-electron chi connectivity index (χ4n) is 3.85. The molecule has 2 aromatic carbocycles. The van der Waals surface area contributed by atoms with Gasteiger partial charge in [0.05, 0.1) is 24.9 Å². The van der Waals surface area contributed by atoms with E-state index in [9.17, 15) is 9.18 Å². The molecule has 1 fully saturated rings. The highest BCUT2D eigenvalue weighted by Crippen LogP contribution is 2.37. The Kier molecular flexibility index (Phi) is 5.69. The number of rotatable bonds is 8. The predicted molar refractivity (Wildman–Crippen MR) is 121 cm³/mol. The number of aryl methyl sites for hydroxylation is 1. The monoisotopic (exact) mass is 445 g/mol. The molecule has 168 valence electrons. The second kappa shape index (κ2) is 8.94. The number of nitrogens with zero attached hydrogens (tertiary/aromatic N) is 3. The molecule has 0 saturated heterocycles. The minimum atomic E-state index is -0.336. The van der Waals surface area contributed by atoms with Gasteiger partial charge in [-0.25, -0.2) is 9.07 Å². The Balaban J connectivity index is 1.55. The fraction of sp³-hybridized carbons (Fsp3) is 0.231. The van der Waals surface area contributed by atoms with Crippen molar-refractivity contribution in [3.63, 3.8) is 0 Å². The Bertz CT molecular complexity index is 1230. The number of benzene rings is 2. The van der Waals surface area contributed by atoms with Crippen molar-refractivity contribution in [2.24, 2.45) is 13.0 Å². The van der Waals surface area contributed by atoms with Crippen LogP contribution in [0.4, 0.5) is 4.39 Å². The minimum absolute atomic E-state index is 0.0540. The van der Waals surface area contributed by atoms with Crippen LogP contribution in [0, 0.1) is 11.7 Å². The van der Waals surface area contributed by atoms with E-state index in [1.54, 1.807) is 35.0 Å². The van der Waals surface area contributed by atoms with E-state index in [1.165, 1.54) is 12.1 Å². The van der Waals surface area contributed by atoms with Gasteiger partial charge in [-0.3, -0.25) is 4.79 Å². The summed E-state index contributed by atoms with van der Waals surface area (Å²) in [6.45, 7) is 0.673. The summed E-state index contributed by atoms with van der Waals surface area (Å²) in [6, 6.07) is 19.3. The lowest BCUT2D eigenvalue weighted by atomic mass is 10.1. The second-order valence-electron chi connectivity index (χ2n) is 8.23. The minimum Gasteiger partial charge on any atom is -0.467 e. The lowest BCUT2D eigenvalue weighted by Gasteiger charge is -2.22. The molecule has 1 aliphatic carbocycles. The van der Waals surface area contributed by atoms with Gasteiger partial charge in [-0.1, -0.05) is 30.3 Å². The summed E-state index contributed by atoms with van der Waals surface area (Å²) in [7, 11) is 1.80. The summed E-state index contributed by atoms with van der Waals surface area (Å²) >= 11 is 0. The van der Waals surface area contributed by atoms with E-state index in [0.29, 0.717) is 24.7 Å². The van der Waals surface area contributed by atoms with Crippen molar-refractivity contribution in [2.45, 2.75) is 25.9 Å². The van der Waals surface area contributed by atoms with Crippen LogP contribution in [-0.4, -0.2) is 20.6 Å². The number of amides is 1. The molecule has 1 amide bonds. The van der Waals surface area contributed by atoms with Crippen LogP contribution in [0.1, 0.15) is 24.2 Å². The molecule has 5 rings (SSSR count). The average Bonchev–Trinajstić information content (AvgIpc) is 3.48. The van der Waals surface area contributed by atoms with Crippen LogP contribution < -0.4 is 4.74 Å². The van der Waals surface area contributed by atoms with E-state index >= 15 is 0 Å².